The fraction of sp³-hybridized carbons (Fsp3) is 0.400. The number of rotatable bonds is 7. The molecule has 2 aromatic rings. The standard InChI is InChI=1S/C15H21N3O3S/c1-3-13(8-9-19)17-22(20,21)15-10-16-18(11-15)14-6-4-12(2)5-7-14/h4-7,10-11,13,17,19H,3,8-9H2,1-2H3. The van der Waals surface area contributed by atoms with Gasteiger partial charge in [0.25, 0.3) is 0 Å². The van der Waals surface area contributed by atoms with Crippen molar-refractivity contribution in [2.24, 2.45) is 0 Å². The Morgan fingerprint density at radius 1 is 1.32 bits per heavy atom. The van der Waals surface area contributed by atoms with Crippen LogP contribution in [0.15, 0.2) is 41.6 Å². The van der Waals surface area contributed by atoms with Crippen molar-refractivity contribution >= 4 is 10.0 Å². The molecule has 0 bridgehead atoms. The average molecular weight is 323 g/mol. The molecule has 0 aliphatic rings. The highest BCUT2D eigenvalue weighted by Gasteiger charge is 2.20. The zero-order chi connectivity index (χ0) is 16.2. The molecule has 22 heavy (non-hydrogen) atoms. The van der Waals surface area contributed by atoms with Crippen LogP contribution in [-0.2, 0) is 10.0 Å². The number of nitrogens with zero attached hydrogens (tertiary/aromatic N) is 2. The summed E-state index contributed by atoms with van der Waals surface area (Å²) in [7, 11) is -3.63. The summed E-state index contributed by atoms with van der Waals surface area (Å²) < 4.78 is 28.8. The molecule has 2 N–H and O–H groups in total. The molecular formula is C15H21N3O3S. The fourth-order valence-corrected chi connectivity index (χ4v) is 3.36. The third kappa shape index (κ3) is 3.94. The van der Waals surface area contributed by atoms with E-state index in [4.69, 9.17) is 5.11 Å². The highest BCUT2D eigenvalue weighted by molar-refractivity contribution is 7.89. The third-order valence-electron chi connectivity index (χ3n) is 3.46. The molecule has 0 aliphatic carbocycles. The molecule has 0 aliphatic heterocycles. The van der Waals surface area contributed by atoms with Gasteiger partial charge in [0.15, 0.2) is 0 Å². The van der Waals surface area contributed by atoms with Gasteiger partial charge in [-0.25, -0.2) is 17.8 Å². The molecule has 0 amide bonds. The smallest absolute Gasteiger partial charge is 0.243 e. The largest absolute Gasteiger partial charge is 0.396 e. The molecule has 1 unspecified atom stereocenters. The van der Waals surface area contributed by atoms with E-state index in [9.17, 15) is 8.42 Å². The van der Waals surface area contributed by atoms with Crippen LogP contribution in [0.25, 0.3) is 5.69 Å². The van der Waals surface area contributed by atoms with Gasteiger partial charge in [-0.15, -0.1) is 0 Å². The summed E-state index contributed by atoms with van der Waals surface area (Å²) in [5, 5.41) is 13.1. The van der Waals surface area contributed by atoms with E-state index in [1.54, 1.807) is 0 Å². The van der Waals surface area contributed by atoms with Gasteiger partial charge in [0.1, 0.15) is 4.90 Å². The van der Waals surface area contributed by atoms with Crippen LogP contribution < -0.4 is 4.72 Å². The number of hydrogen-bond donors (Lipinski definition) is 2. The Bertz CT molecular complexity index is 708. The predicted molar refractivity (Wildman–Crippen MR) is 84.4 cm³/mol. The first-order valence-corrected chi connectivity index (χ1v) is 8.69. The van der Waals surface area contributed by atoms with Crippen molar-refractivity contribution in [3.05, 3.63) is 42.2 Å². The molecule has 1 heterocycles. The Morgan fingerprint density at radius 3 is 2.59 bits per heavy atom. The molecule has 2 rings (SSSR count). The first-order valence-electron chi connectivity index (χ1n) is 7.21. The van der Waals surface area contributed by atoms with E-state index in [0.29, 0.717) is 12.8 Å². The van der Waals surface area contributed by atoms with Gasteiger partial charge >= 0.3 is 0 Å². The van der Waals surface area contributed by atoms with E-state index in [0.717, 1.165) is 11.3 Å². The fourth-order valence-electron chi connectivity index (χ4n) is 2.07. The van der Waals surface area contributed by atoms with E-state index >= 15 is 0 Å². The second kappa shape index (κ2) is 7.04. The molecule has 1 atom stereocenters. The van der Waals surface area contributed by atoms with Crippen LogP contribution in [0.4, 0.5) is 0 Å². The first-order chi connectivity index (χ1) is 10.5. The number of benzene rings is 1. The van der Waals surface area contributed by atoms with Crippen LogP contribution in [0.3, 0.4) is 0 Å². The second-order valence-electron chi connectivity index (χ2n) is 5.19. The Balaban J connectivity index is 2.21. The molecule has 1 aromatic carbocycles. The number of aromatic nitrogens is 2. The van der Waals surface area contributed by atoms with Gasteiger partial charge in [0.05, 0.1) is 18.1 Å². The van der Waals surface area contributed by atoms with E-state index < -0.39 is 10.0 Å². The summed E-state index contributed by atoms with van der Waals surface area (Å²) in [4.78, 5) is 0.115. The second-order valence-corrected chi connectivity index (χ2v) is 6.91. The van der Waals surface area contributed by atoms with Crippen LogP contribution in [-0.4, -0.2) is 36.0 Å². The molecule has 120 valence electrons. The number of aryl methyl sites for hydroxylation is 1. The van der Waals surface area contributed by atoms with Crippen LogP contribution in [0, 0.1) is 6.92 Å². The maximum absolute atomic E-state index is 12.3. The SMILES string of the molecule is CCC(CCO)NS(=O)(=O)c1cnn(-c2ccc(C)cc2)c1. The number of hydrogen-bond acceptors (Lipinski definition) is 4. The van der Waals surface area contributed by atoms with E-state index in [2.05, 4.69) is 9.82 Å². The predicted octanol–water partition coefficient (Wildman–Crippen LogP) is 1.62. The molecule has 7 heteroatoms. The number of aliphatic hydroxyl groups is 1. The summed E-state index contributed by atoms with van der Waals surface area (Å²) in [6.45, 7) is 3.81. The van der Waals surface area contributed by atoms with Crippen molar-refractivity contribution in [2.45, 2.75) is 37.6 Å². The normalized spacial score (nSPS) is 13.2. The summed E-state index contributed by atoms with van der Waals surface area (Å²) in [5.41, 5.74) is 1.93. The van der Waals surface area contributed by atoms with Crippen LogP contribution in [0.5, 0.6) is 0 Å². The lowest BCUT2D eigenvalue weighted by Crippen LogP contribution is -2.34. The lowest BCUT2D eigenvalue weighted by molar-refractivity contribution is 0.270. The molecule has 0 spiro atoms. The quantitative estimate of drug-likeness (QED) is 0.811. The monoisotopic (exact) mass is 323 g/mol. The van der Waals surface area contributed by atoms with Crippen molar-refractivity contribution in [1.82, 2.24) is 14.5 Å². The molecular weight excluding hydrogens is 302 g/mol. The van der Waals surface area contributed by atoms with Gasteiger partial charge in [0.2, 0.25) is 10.0 Å². The Hall–Kier alpha value is -1.70. The van der Waals surface area contributed by atoms with Crippen molar-refractivity contribution in [3.63, 3.8) is 0 Å². The third-order valence-corrected chi connectivity index (χ3v) is 4.93. The molecule has 1 aromatic heterocycles. The van der Waals surface area contributed by atoms with E-state index in [-0.39, 0.29) is 17.5 Å². The van der Waals surface area contributed by atoms with Gasteiger partial charge in [-0.2, -0.15) is 5.10 Å². The van der Waals surface area contributed by atoms with Crippen molar-refractivity contribution in [2.75, 3.05) is 6.61 Å². The molecule has 0 radical (unpaired) electrons. The number of aliphatic hydroxyl groups excluding tert-OH is 1. The summed E-state index contributed by atoms with van der Waals surface area (Å²) >= 11 is 0. The van der Waals surface area contributed by atoms with Gasteiger partial charge in [0, 0.05) is 12.6 Å². The summed E-state index contributed by atoms with van der Waals surface area (Å²) in [6.07, 6.45) is 3.82. The van der Waals surface area contributed by atoms with Crippen LogP contribution >= 0.6 is 0 Å². The summed E-state index contributed by atoms with van der Waals surface area (Å²) in [6, 6.07) is 7.37. The van der Waals surface area contributed by atoms with Gasteiger partial charge in [-0.05, 0) is 31.9 Å². The minimum atomic E-state index is -3.63. The van der Waals surface area contributed by atoms with Crippen LogP contribution in [0.2, 0.25) is 0 Å². The van der Waals surface area contributed by atoms with Gasteiger partial charge < -0.3 is 5.11 Å². The van der Waals surface area contributed by atoms with Crippen molar-refractivity contribution in [1.29, 1.82) is 0 Å². The molecule has 6 nitrogen and oxygen atoms in total. The first kappa shape index (κ1) is 16.7. The highest BCUT2D eigenvalue weighted by Crippen LogP contribution is 2.14. The Kier molecular flexibility index (Phi) is 5.33. The zero-order valence-corrected chi connectivity index (χ0v) is 13.5. The van der Waals surface area contributed by atoms with Gasteiger partial charge in [-0.3, -0.25) is 0 Å². The Morgan fingerprint density at radius 2 is 2.00 bits per heavy atom. The van der Waals surface area contributed by atoms with E-state index in [1.807, 2.05) is 38.1 Å². The maximum Gasteiger partial charge on any atom is 0.243 e. The average Bonchev–Trinajstić information content (AvgIpc) is 2.98. The number of nitrogens with one attached hydrogen (secondary N) is 1. The maximum atomic E-state index is 12.3. The van der Waals surface area contributed by atoms with Crippen LogP contribution in [0.1, 0.15) is 25.3 Å². The topological polar surface area (TPSA) is 84.2 Å². The lowest BCUT2D eigenvalue weighted by Gasteiger charge is -2.14. The summed E-state index contributed by atoms with van der Waals surface area (Å²) in [5.74, 6) is 0. The minimum absolute atomic E-state index is 0.0519. The molecule has 0 fully saturated rings. The van der Waals surface area contributed by atoms with Crippen molar-refractivity contribution < 1.29 is 13.5 Å². The minimum Gasteiger partial charge on any atom is -0.396 e. The highest BCUT2D eigenvalue weighted by atomic mass is 32.2. The lowest BCUT2D eigenvalue weighted by atomic mass is 10.2. The molecule has 0 saturated carbocycles. The van der Waals surface area contributed by atoms with Crippen molar-refractivity contribution in [3.8, 4) is 5.69 Å². The molecule has 0 saturated heterocycles. The van der Waals surface area contributed by atoms with E-state index in [1.165, 1.54) is 17.1 Å². The zero-order valence-electron chi connectivity index (χ0n) is 12.7. The Labute approximate surface area is 130 Å². The van der Waals surface area contributed by atoms with Gasteiger partial charge in [-0.1, -0.05) is 24.6 Å². The number of sulfonamides is 1.